The van der Waals surface area contributed by atoms with E-state index in [1.807, 2.05) is 0 Å². The van der Waals surface area contributed by atoms with E-state index in [-0.39, 0.29) is 0 Å². The van der Waals surface area contributed by atoms with Gasteiger partial charge in [0.05, 0.1) is 0 Å². The molecule has 1 radical (unpaired) electrons. The molecule has 0 fully saturated rings. The molecule has 1 N–H and O–H groups in total. The van der Waals surface area contributed by atoms with Gasteiger partial charge in [-0.25, -0.2) is 0 Å². The second kappa shape index (κ2) is 2.00. The largest absolute Gasteiger partial charge is 0.450 e. The Morgan fingerprint density at radius 1 is 1.88 bits per heavy atom. The van der Waals surface area contributed by atoms with Gasteiger partial charge in [0.15, 0.2) is 0 Å². The third-order valence-corrected chi connectivity index (χ3v) is 0.874. The SMILES string of the molecule is Cn1cc([B]O)cn1. The molecule has 0 aliphatic rings. The molecule has 0 spiro atoms. The summed E-state index contributed by atoms with van der Waals surface area (Å²) >= 11 is 0. The highest BCUT2D eigenvalue weighted by Crippen LogP contribution is 1.71. The maximum atomic E-state index is 8.37. The average molecular weight is 109 g/mol. The van der Waals surface area contributed by atoms with Crippen LogP contribution in [0.4, 0.5) is 0 Å². The summed E-state index contributed by atoms with van der Waals surface area (Å²) in [6, 6.07) is 0. The van der Waals surface area contributed by atoms with E-state index in [9.17, 15) is 0 Å². The number of hydrogen-bond acceptors (Lipinski definition) is 2. The van der Waals surface area contributed by atoms with Crippen LogP contribution in [0, 0.1) is 0 Å². The van der Waals surface area contributed by atoms with Crippen molar-refractivity contribution in [2.75, 3.05) is 0 Å². The molecule has 0 aliphatic carbocycles. The van der Waals surface area contributed by atoms with E-state index in [2.05, 4.69) is 5.10 Å². The highest BCUT2D eigenvalue weighted by molar-refractivity contribution is 6.45. The summed E-state index contributed by atoms with van der Waals surface area (Å²) in [7, 11) is 2.82. The van der Waals surface area contributed by atoms with Crippen molar-refractivity contribution in [2.45, 2.75) is 0 Å². The molecule has 4 heteroatoms. The number of rotatable bonds is 1. The Labute approximate surface area is 48.2 Å². The monoisotopic (exact) mass is 109 g/mol. The second-order valence-corrected chi connectivity index (χ2v) is 1.58. The fourth-order valence-electron chi connectivity index (χ4n) is 0.507. The first-order valence-electron chi connectivity index (χ1n) is 2.29. The molecule has 1 aromatic rings. The van der Waals surface area contributed by atoms with Crippen LogP contribution >= 0.6 is 0 Å². The van der Waals surface area contributed by atoms with E-state index in [1.54, 1.807) is 24.1 Å². The highest BCUT2D eigenvalue weighted by atomic mass is 16.2. The fourth-order valence-corrected chi connectivity index (χ4v) is 0.507. The summed E-state index contributed by atoms with van der Waals surface area (Å²) < 4.78 is 1.63. The second-order valence-electron chi connectivity index (χ2n) is 1.58. The minimum absolute atomic E-state index is 0.729. The van der Waals surface area contributed by atoms with Crippen molar-refractivity contribution in [2.24, 2.45) is 7.05 Å². The lowest BCUT2D eigenvalue weighted by Gasteiger charge is -1.80. The standard InChI is InChI=1S/C4H6BN2O/c1-7-3-4(5-8)2-6-7/h2-3,8H,1H3. The van der Waals surface area contributed by atoms with Crippen LogP contribution in [-0.2, 0) is 7.05 Å². The minimum Gasteiger partial charge on any atom is -0.450 e. The molecule has 0 saturated carbocycles. The van der Waals surface area contributed by atoms with Gasteiger partial charge in [0.25, 0.3) is 0 Å². The van der Waals surface area contributed by atoms with Crippen LogP contribution in [0.1, 0.15) is 0 Å². The average Bonchev–Trinajstić information content (AvgIpc) is 2.14. The number of aromatic nitrogens is 2. The van der Waals surface area contributed by atoms with Crippen molar-refractivity contribution in [3.05, 3.63) is 12.4 Å². The summed E-state index contributed by atoms with van der Waals surface area (Å²) in [4.78, 5) is 0. The Morgan fingerprint density at radius 3 is 2.88 bits per heavy atom. The lowest BCUT2D eigenvalue weighted by molar-refractivity contribution is 0.615. The van der Waals surface area contributed by atoms with Crippen molar-refractivity contribution in [3.8, 4) is 0 Å². The Morgan fingerprint density at radius 2 is 2.62 bits per heavy atom. The molecule has 1 rings (SSSR count). The van der Waals surface area contributed by atoms with E-state index in [1.165, 1.54) is 0 Å². The Hall–Kier alpha value is -0.765. The Balaban J connectivity index is 2.84. The van der Waals surface area contributed by atoms with Crippen molar-refractivity contribution in [1.82, 2.24) is 9.78 Å². The molecular formula is C4H6BN2O. The van der Waals surface area contributed by atoms with Gasteiger partial charge in [0.2, 0.25) is 0 Å². The van der Waals surface area contributed by atoms with E-state index in [0.29, 0.717) is 0 Å². The van der Waals surface area contributed by atoms with Gasteiger partial charge >= 0.3 is 7.48 Å². The number of nitrogens with zero attached hydrogens (tertiary/aromatic N) is 2. The summed E-state index contributed by atoms with van der Waals surface area (Å²) in [6.07, 6.45) is 3.31. The quantitative estimate of drug-likeness (QED) is 0.453. The molecule has 41 valence electrons. The van der Waals surface area contributed by atoms with Crippen LogP contribution in [0.25, 0.3) is 0 Å². The van der Waals surface area contributed by atoms with E-state index in [0.717, 1.165) is 12.9 Å². The fraction of sp³-hybridized carbons (Fsp3) is 0.250. The predicted octanol–water partition coefficient (Wildman–Crippen LogP) is -1.34. The molecule has 0 aliphatic heterocycles. The van der Waals surface area contributed by atoms with Crippen LogP contribution in [-0.4, -0.2) is 22.3 Å². The first-order chi connectivity index (χ1) is 3.83. The zero-order valence-electron chi connectivity index (χ0n) is 4.57. The highest BCUT2D eigenvalue weighted by Gasteiger charge is 1.92. The van der Waals surface area contributed by atoms with Crippen molar-refractivity contribution in [3.63, 3.8) is 0 Å². The maximum absolute atomic E-state index is 8.37. The molecule has 1 aromatic heterocycles. The first kappa shape index (κ1) is 5.37. The Kier molecular flexibility index (Phi) is 1.35. The van der Waals surface area contributed by atoms with Crippen molar-refractivity contribution in [1.29, 1.82) is 0 Å². The first-order valence-corrected chi connectivity index (χ1v) is 2.29. The van der Waals surface area contributed by atoms with Gasteiger partial charge in [-0.05, 0) is 5.46 Å². The molecule has 0 aromatic carbocycles. The van der Waals surface area contributed by atoms with Crippen molar-refractivity contribution >= 4 is 12.9 Å². The molecular weight excluding hydrogens is 103 g/mol. The molecule has 0 unspecified atom stereocenters. The zero-order valence-corrected chi connectivity index (χ0v) is 4.57. The maximum Gasteiger partial charge on any atom is 0.330 e. The van der Waals surface area contributed by atoms with Gasteiger partial charge in [-0.2, -0.15) is 5.10 Å². The molecule has 0 amide bonds. The van der Waals surface area contributed by atoms with Gasteiger partial charge < -0.3 is 5.02 Å². The predicted molar refractivity (Wildman–Crippen MR) is 30.8 cm³/mol. The molecule has 0 saturated heterocycles. The molecule has 1 heterocycles. The Bertz CT molecular complexity index is 174. The van der Waals surface area contributed by atoms with Crippen molar-refractivity contribution < 1.29 is 5.02 Å². The smallest absolute Gasteiger partial charge is 0.330 e. The molecule has 0 atom stereocenters. The van der Waals surface area contributed by atoms with Gasteiger partial charge in [0.1, 0.15) is 0 Å². The van der Waals surface area contributed by atoms with Gasteiger partial charge in [-0.1, -0.05) is 0 Å². The third kappa shape index (κ3) is 0.896. The zero-order chi connectivity index (χ0) is 5.98. The summed E-state index contributed by atoms with van der Waals surface area (Å²) in [6.45, 7) is 0. The molecule has 3 nitrogen and oxygen atoms in total. The van der Waals surface area contributed by atoms with Crippen LogP contribution in [0.15, 0.2) is 12.4 Å². The molecule has 0 bridgehead atoms. The lowest BCUT2D eigenvalue weighted by atomic mass is 9.93. The summed E-state index contributed by atoms with van der Waals surface area (Å²) in [5.74, 6) is 0. The van der Waals surface area contributed by atoms with Crippen LogP contribution < -0.4 is 5.46 Å². The van der Waals surface area contributed by atoms with E-state index >= 15 is 0 Å². The number of hydrogen-bond donors (Lipinski definition) is 1. The van der Waals surface area contributed by atoms with Gasteiger partial charge in [-0.3, -0.25) is 4.68 Å². The normalized spacial score (nSPS) is 9.25. The van der Waals surface area contributed by atoms with Crippen LogP contribution in [0.2, 0.25) is 0 Å². The summed E-state index contributed by atoms with van der Waals surface area (Å²) in [5, 5.41) is 12.2. The third-order valence-electron chi connectivity index (χ3n) is 0.874. The van der Waals surface area contributed by atoms with Gasteiger partial charge in [-0.15, -0.1) is 0 Å². The number of aryl methyl sites for hydroxylation is 1. The van der Waals surface area contributed by atoms with E-state index < -0.39 is 0 Å². The topological polar surface area (TPSA) is 38.0 Å². The molecule has 8 heavy (non-hydrogen) atoms. The van der Waals surface area contributed by atoms with E-state index in [4.69, 9.17) is 5.02 Å². The summed E-state index contributed by atoms with van der Waals surface area (Å²) in [5.41, 5.74) is 0.729. The lowest BCUT2D eigenvalue weighted by Crippen LogP contribution is -2.09. The van der Waals surface area contributed by atoms with Crippen LogP contribution in [0.3, 0.4) is 0 Å². The minimum atomic E-state index is 0.729. The van der Waals surface area contributed by atoms with Crippen LogP contribution in [0.5, 0.6) is 0 Å². The van der Waals surface area contributed by atoms with Gasteiger partial charge in [0, 0.05) is 19.4 Å².